The molecule has 1 aliphatic rings. The summed E-state index contributed by atoms with van der Waals surface area (Å²) in [6, 6.07) is 8.70. The quantitative estimate of drug-likeness (QED) is 0.577. The lowest BCUT2D eigenvalue weighted by Crippen LogP contribution is -2.13. The predicted molar refractivity (Wildman–Crippen MR) is 85.1 cm³/mol. The number of ketones is 1. The molecule has 0 aliphatic heterocycles. The summed E-state index contributed by atoms with van der Waals surface area (Å²) in [4.78, 5) is 12.2. The highest BCUT2D eigenvalue weighted by molar-refractivity contribution is 5.79. The highest BCUT2D eigenvalue weighted by Crippen LogP contribution is 2.34. The monoisotopic (exact) mass is 272 g/mol. The summed E-state index contributed by atoms with van der Waals surface area (Å²) < 4.78 is 0. The van der Waals surface area contributed by atoms with Crippen LogP contribution in [0, 0.1) is 0 Å². The van der Waals surface area contributed by atoms with E-state index in [0.717, 1.165) is 19.3 Å². The van der Waals surface area contributed by atoms with Gasteiger partial charge in [-0.15, -0.1) is 0 Å². The fourth-order valence-electron chi connectivity index (χ4n) is 3.37. The van der Waals surface area contributed by atoms with Gasteiger partial charge in [-0.05, 0) is 42.7 Å². The minimum atomic E-state index is 0.475. The first-order valence-electron chi connectivity index (χ1n) is 8.40. The minimum absolute atomic E-state index is 0.475. The maximum Gasteiger partial charge on any atom is 0.133 e. The maximum absolute atomic E-state index is 12.2. The molecular weight excluding hydrogens is 244 g/mol. The van der Waals surface area contributed by atoms with Gasteiger partial charge in [0.15, 0.2) is 0 Å². The Hall–Kier alpha value is -1.11. The first kappa shape index (κ1) is 15.3. The third kappa shape index (κ3) is 4.47. The van der Waals surface area contributed by atoms with Crippen LogP contribution < -0.4 is 0 Å². The molecule has 0 fully saturated rings. The largest absolute Gasteiger partial charge is 0.300 e. The molecule has 0 spiro atoms. The van der Waals surface area contributed by atoms with Crippen molar-refractivity contribution in [3.05, 3.63) is 35.4 Å². The number of rotatable bonds is 8. The molecule has 0 saturated heterocycles. The lowest BCUT2D eigenvalue weighted by atomic mass is 9.80. The summed E-state index contributed by atoms with van der Waals surface area (Å²) in [5, 5.41) is 0. The molecule has 110 valence electrons. The van der Waals surface area contributed by atoms with Crippen molar-refractivity contribution < 1.29 is 4.79 Å². The van der Waals surface area contributed by atoms with Gasteiger partial charge < -0.3 is 0 Å². The summed E-state index contributed by atoms with van der Waals surface area (Å²) in [7, 11) is 0. The molecule has 1 nitrogen and oxygen atoms in total. The lowest BCUT2D eigenvalue weighted by molar-refractivity contribution is -0.119. The number of carbonyl (C=O) groups excluding carboxylic acids is 1. The van der Waals surface area contributed by atoms with Gasteiger partial charge in [0.2, 0.25) is 0 Å². The Morgan fingerprint density at radius 2 is 1.95 bits per heavy atom. The fourth-order valence-corrected chi connectivity index (χ4v) is 3.37. The zero-order valence-electron chi connectivity index (χ0n) is 12.9. The van der Waals surface area contributed by atoms with E-state index in [-0.39, 0.29) is 0 Å². The first-order chi connectivity index (χ1) is 9.81. The summed E-state index contributed by atoms with van der Waals surface area (Å²) in [5.74, 6) is 0.964. The number of hydrogen-bond acceptors (Lipinski definition) is 1. The fraction of sp³-hybridized carbons (Fsp3) is 0.632. The molecule has 1 aliphatic carbocycles. The van der Waals surface area contributed by atoms with Crippen molar-refractivity contribution in [2.75, 3.05) is 0 Å². The average molecular weight is 272 g/mol. The zero-order valence-corrected chi connectivity index (χ0v) is 12.9. The van der Waals surface area contributed by atoms with Crippen molar-refractivity contribution in [2.45, 2.75) is 77.0 Å². The van der Waals surface area contributed by atoms with E-state index in [2.05, 4.69) is 31.2 Å². The standard InChI is InChI=1S/C19H28O/c1-2-3-4-5-6-13-18(20)15-17-12-9-11-16-10-7-8-14-19(16)17/h7-8,10,14,17H,2-6,9,11-13,15H2,1H3. The maximum atomic E-state index is 12.2. The van der Waals surface area contributed by atoms with Crippen LogP contribution in [-0.4, -0.2) is 5.78 Å². The minimum Gasteiger partial charge on any atom is -0.300 e. The summed E-state index contributed by atoms with van der Waals surface area (Å²) in [5.41, 5.74) is 2.91. The van der Waals surface area contributed by atoms with E-state index >= 15 is 0 Å². The molecule has 1 aromatic carbocycles. The van der Waals surface area contributed by atoms with Crippen LogP contribution in [0.25, 0.3) is 0 Å². The second-order valence-corrected chi connectivity index (χ2v) is 6.19. The molecule has 0 radical (unpaired) electrons. The van der Waals surface area contributed by atoms with E-state index in [1.54, 1.807) is 0 Å². The van der Waals surface area contributed by atoms with Crippen molar-refractivity contribution in [3.8, 4) is 0 Å². The predicted octanol–water partition coefficient (Wildman–Crippen LogP) is 5.43. The van der Waals surface area contributed by atoms with E-state index in [0.29, 0.717) is 11.7 Å². The Morgan fingerprint density at radius 1 is 1.15 bits per heavy atom. The summed E-state index contributed by atoms with van der Waals surface area (Å²) in [6.07, 6.45) is 11.4. The van der Waals surface area contributed by atoms with Gasteiger partial charge in [0, 0.05) is 12.8 Å². The molecule has 0 amide bonds. The van der Waals surface area contributed by atoms with Crippen molar-refractivity contribution in [1.82, 2.24) is 0 Å². The van der Waals surface area contributed by atoms with Crippen LogP contribution in [0.3, 0.4) is 0 Å². The van der Waals surface area contributed by atoms with Gasteiger partial charge in [-0.1, -0.05) is 56.9 Å². The normalized spacial score (nSPS) is 17.8. The summed E-state index contributed by atoms with van der Waals surface area (Å²) in [6.45, 7) is 2.23. The number of hydrogen-bond donors (Lipinski definition) is 0. The molecule has 0 aromatic heterocycles. The van der Waals surface area contributed by atoms with Crippen LogP contribution >= 0.6 is 0 Å². The van der Waals surface area contributed by atoms with Crippen molar-refractivity contribution >= 4 is 5.78 Å². The van der Waals surface area contributed by atoms with Gasteiger partial charge in [0.1, 0.15) is 5.78 Å². The smallest absolute Gasteiger partial charge is 0.133 e. The van der Waals surface area contributed by atoms with Crippen LogP contribution in [0.1, 0.15) is 81.8 Å². The zero-order chi connectivity index (χ0) is 14.2. The van der Waals surface area contributed by atoms with Crippen LogP contribution in [0.15, 0.2) is 24.3 Å². The number of Topliss-reactive ketones (excluding diaryl/α,β-unsaturated/α-hetero) is 1. The van der Waals surface area contributed by atoms with E-state index in [9.17, 15) is 4.79 Å². The molecule has 0 N–H and O–H groups in total. The number of carbonyl (C=O) groups is 1. The second kappa shape index (κ2) is 8.24. The third-order valence-corrected chi connectivity index (χ3v) is 4.53. The van der Waals surface area contributed by atoms with E-state index < -0.39 is 0 Å². The second-order valence-electron chi connectivity index (χ2n) is 6.19. The number of unbranched alkanes of at least 4 members (excludes halogenated alkanes) is 4. The van der Waals surface area contributed by atoms with Crippen molar-refractivity contribution in [3.63, 3.8) is 0 Å². The molecule has 1 heteroatoms. The van der Waals surface area contributed by atoms with Gasteiger partial charge in [-0.25, -0.2) is 0 Å². The molecule has 0 saturated carbocycles. The number of aryl methyl sites for hydroxylation is 1. The molecule has 0 heterocycles. The molecule has 1 aromatic rings. The van der Waals surface area contributed by atoms with Gasteiger partial charge in [0.05, 0.1) is 0 Å². The highest BCUT2D eigenvalue weighted by Gasteiger charge is 2.21. The third-order valence-electron chi connectivity index (χ3n) is 4.53. The van der Waals surface area contributed by atoms with Gasteiger partial charge in [-0.2, -0.15) is 0 Å². The van der Waals surface area contributed by atoms with Gasteiger partial charge >= 0.3 is 0 Å². The first-order valence-corrected chi connectivity index (χ1v) is 8.40. The Labute approximate surface area is 123 Å². The molecule has 20 heavy (non-hydrogen) atoms. The van der Waals surface area contributed by atoms with E-state index in [1.807, 2.05) is 0 Å². The Bertz CT molecular complexity index is 422. The molecule has 2 rings (SSSR count). The molecule has 0 bridgehead atoms. The Balaban J connectivity index is 1.78. The van der Waals surface area contributed by atoms with Crippen molar-refractivity contribution in [1.29, 1.82) is 0 Å². The molecular formula is C19H28O. The topological polar surface area (TPSA) is 17.1 Å². The summed E-state index contributed by atoms with van der Waals surface area (Å²) >= 11 is 0. The Morgan fingerprint density at radius 3 is 2.80 bits per heavy atom. The van der Waals surface area contributed by atoms with E-state index in [1.165, 1.54) is 56.1 Å². The van der Waals surface area contributed by atoms with Crippen LogP contribution in [0.4, 0.5) is 0 Å². The van der Waals surface area contributed by atoms with Crippen LogP contribution in [0.5, 0.6) is 0 Å². The Kier molecular flexibility index (Phi) is 6.29. The number of fused-ring (bicyclic) bond motifs is 1. The lowest BCUT2D eigenvalue weighted by Gasteiger charge is -2.24. The number of benzene rings is 1. The average Bonchev–Trinajstić information content (AvgIpc) is 2.47. The van der Waals surface area contributed by atoms with Gasteiger partial charge in [0.25, 0.3) is 0 Å². The van der Waals surface area contributed by atoms with Crippen LogP contribution in [0.2, 0.25) is 0 Å². The van der Waals surface area contributed by atoms with Crippen molar-refractivity contribution in [2.24, 2.45) is 0 Å². The van der Waals surface area contributed by atoms with E-state index in [4.69, 9.17) is 0 Å². The van der Waals surface area contributed by atoms with Crippen LogP contribution in [-0.2, 0) is 11.2 Å². The molecule has 1 atom stereocenters. The molecule has 1 unspecified atom stereocenters. The SMILES string of the molecule is CCCCCCCC(=O)CC1CCCc2ccccc21. The van der Waals surface area contributed by atoms with Gasteiger partial charge in [-0.3, -0.25) is 4.79 Å². The highest BCUT2D eigenvalue weighted by atomic mass is 16.1.